The minimum atomic E-state index is -3.96. The highest BCUT2D eigenvalue weighted by molar-refractivity contribution is 7.92. The number of nitrogens with zero attached hydrogens (tertiary/aromatic N) is 2. The molecule has 0 bridgehead atoms. The van der Waals surface area contributed by atoms with Crippen LogP contribution in [0, 0.1) is 0 Å². The van der Waals surface area contributed by atoms with Gasteiger partial charge in [-0.15, -0.1) is 0 Å². The average Bonchev–Trinajstić information content (AvgIpc) is 3.45. The van der Waals surface area contributed by atoms with Gasteiger partial charge in [-0.25, -0.2) is 8.42 Å². The summed E-state index contributed by atoms with van der Waals surface area (Å²) in [5.74, 6) is 0.363. The summed E-state index contributed by atoms with van der Waals surface area (Å²) in [5.41, 5.74) is 1.30. The molecule has 0 radical (unpaired) electrons. The molecule has 0 unspecified atom stereocenters. The van der Waals surface area contributed by atoms with E-state index in [0.29, 0.717) is 22.7 Å². The molecule has 1 aliphatic heterocycles. The van der Waals surface area contributed by atoms with Gasteiger partial charge in [-0.1, -0.05) is 36.4 Å². The summed E-state index contributed by atoms with van der Waals surface area (Å²) >= 11 is 0. The maximum Gasteiger partial charge on any atom is 0.279 e. The van der Waals surface area contributed by atoms with Crippen LogP contribution in [0.15, 0.2) is 87.4 Å². The van der Waals surface area contributed by atoms with Crippen LogP contribution >= 0.6 is 0 Å². The fraction of sp³-hybridized carbons (Fsp3) is 0.190. The lowest BCUT2D eigenvalue weighted by Crippen LogP contribution is -2.27. The van der Waals surface area contributed by atoms with Crippen LogP contribution in [0.3, 0.4) is 0 Å². The van der Waals surface area contributed by atoms with E-state index >= 15 is 0 Å². The van der Waals surface area contributed by atoms with E-state index < -0.39 is 26.1 Å². The number of rotatable bonds is 7. The molecule has 0 aliphatic carbocycles. The van der Waals surface area contributed by atoms with Gasteiger partial charge in [-0.2, -0.15) is 17.9 Å². The van der Waals surface area contributed by atoms with Gasteiger partial charge < -0.3 is 4.42 Å². The lowest BCUT2D eigenvalue weighted by molar-refractivity contribution is 0.320. The number of nitrogens with one attached hydrogen (secondary N) is 1. The second-order valence-electron chi connectivity index (χ2n) is 6.92. The molecule has 1 aliphatic rings. The molecular formula is C21H21N3O5S2. The van der Waals surface area contributed by atoms with Crippen molar-refractivity contribution in [3.63, 3.8) is 0 Å². The van der Waals surface area contributed by atoms with Gasteiger partial charge in [-0.3, -0.25) is 4.72 Å². The highest BCUT2D eigenvalue weighted by Crippen LogP contribution is 2.38. The van der Waals surface area contributed by atoms with Crippen LogP contribution < -0.4 is 4.72 Å². The van der Waals surface area contributed by atoms with E-state index in [1.165, 1.54) is 18.4 Å². The van der Waals surface area contributed by atoms with Gasteiger partial charge in [-0.05, 0) is 37.3 Å². The molecule has 0 fully saturated rings. The smallest absolute Gasteiger partial charge is 0.279 e. The molecule has 8 nitrogen and oxygen atoms in total. The molecule has 1 N–H and O–H groups in total. The third-order valence-corrected chi connectivity index (χ3v) is 7.90. The Hall–Kier alpha value is -3.11. The number of sulfonamides is 2. The number of hydrogen-bond donors (Lipinski definition) is 1. The number of furan rings is 1. The van der Waals surface area contributed by atoms with E-state index in [0.717, 1.165) is 4.41 Å². The second kappa shape index (κ2) is 8.20. The van der Waals surface area contributed by atoms with Crippen molar-refractivity contribution in [1.82, 2.24) is 4.41 Å². The zero-order valence-corrected chi connectivity index (χ0v) is 18.3. The van der Waals surface area contributed by atoms with Gasteiger partial charge in [0.1, 0.15) is 11.8 Å². The predicted octanol–water partition coefficient (Wildman–Crippen LogP) is 3.58. The third-order valence-electron chi connectivity index (χ3n) is 4.91. The largest absolute Gasteiger partial charge is 0.467 e. The van der Waals surface area contributed by atoms with Crippen molar-refractivity contribution in [3.8, 4) is 0 Å². The molecule has 2 heterocycles. The Kier molecular flexibility index (Phi) is 5.59. The Bertz CT molecular complexity index is 1300. The van der Waals surface area contributed by atoms with Crippen LogP contribution in [0.5, 0.6) is 0 Å². The summed E-state index contributed by atoms with van der Waals surface area (Å²) in [5, 5.41) is 4.43. The molecule has 1 aromatic heterocycles. The van der Waals surface area contributed by atoms with Crippen molar-refractivity contribution in [2.45, 2.75) is 24.3 Å². The van der Waals surface area contributed by atoms with E-state index in [2.05, 4.69) is 9.82 Å². The number of hydrazone groups is 1. The zero-order valence-electron chi connectivity index (χ0n) is 16.7. The Morgan fingerprint density at radius 1 is 1.00 bits per heavy atom. The van der Waals surface area contributed by atoms with E-state index in [1.807, 2.05) is 0 Å². The van der Waals surface area contributed by atoms with E-state index in [4.69, 9.17) is 4.42 Å². The molecule has 3 aromatic rings. The van der Waals surface area contributed by atoms with Gasteiger partial charge in [0.05, 0.1) is 28.3 Å². The fourth-order valence-corrected chi connectivity index (χ4v) is 5.42. The highest BCUT2D eigenvalue weighted by Gasteiger charge is 2.39. The molecule has 0 spiro atoms. The van der Waals surface area contributed by atoms with Gasteiger partial charge in [0.25, 0.3) is 10.0 Å². The molecule has 10 heteroatoms. The van der Waals surface area contributed by atoms with Crippen LogP contribution in [0.1, 0.15) is 30.7 Å². The minimum absolute atomic E-state index is 0.0860. The zero-order chi connectivity index (χ0) is 22.1. The number of anilines is 1. The molecule has 0 saturated heterocycles. The maximum absolute atomic E-state index is 13.3. The fourth-order valence-electron chi connectivity index (χ4n) is 3.33. The van der Waals surface area contributed by atoms with Crippen LogP contribution in [-0.2, 0) is 20.0 Å². The van der Waals surface area contributed by atoms with Crippen LogP contribution in [0.2, 0.25) is 0 Å². The third kappa shape index (κ3) is 4.21. The van der Waals surface area contributed by atoms with Gasteiger partial charge in [0.15, 0.2) is 0 Å². The molecule has 162 valence electrons. The van der Waals surface area contributed by atoms with Crippen molar-refractivity contribution in [2.75, 3.05) is 10.5 Å². The summed E-state index contributed by atoms with van der Waals surface area (Å²) in [6.07, 6.45) is 1.70. The van der Waals surface area contributed by atoms with Crippen molar-refractivity contribution < 1.29 is 21.3 Å². The van der Waals surface area contributed by atoms with E-state index in [1.54, 1.807) is 61.5 Å². The normalized spacial score (nSPS) is 16.9. The van der Waals surface area contributed by atoms with Crippen LogP contribution in [0.4, 0.5) is 5.69 Å². The quantitative estimate of drug-likeness (QED) is 0.581. The number of hydrogen-bond acceptors (Lipinski definition) is 6. The first-order valence-corrected chi connectivity index (χ1v) is 12.7. The summed E-state index contributed by atoms with van der Waals surface area (Å²) < 4.78 is 60.0. The molecule has 2 aromatic carbocycles. The van der Waals surface area contributed by atoms with Gasteiger partial charge in [0, 0.05) is 12.0 Å². The van der Waals surface area contributed by atoms with Crippen molar-refractivity contribution in [1.29, 1.82) is 0 Å². The van der Waals surface area contributed by atoms with Crippen molar-refractivity contribution >= 4 is 31.4 Å². The van der Waals surface area contributed by atoms with E-state index in [-0.39, 0.29) is 17.1 Å². The first kappa shape index (κ1) is 21.1. The standard InChI is InChI=1S/C21H21N3O5S2/c1-2-30(25,26)23-18-12-7-6-11-17(18)19-15-20(21-13-8-14-29-21)24(22-19)31(27,28)16-9-4-3-5-10-16/h3-14,20,23H,2,15H2,1H3/t20-/m1/s1. The predicted molar refractivity (Wildman–Crippen MR) is 118 cm³/mol. The summed E-state index contributed by atoms with van der Waals surface area (Å²) in [6, 6.07) is 17.5. The van der Waals surface area contributed by atoms with Crippen molar-refractivity contribution in [3.05, 3.63) is 84.3 Å². The number of benzene rings is 2. The molecule has 1 atom stereocenters. The Morgan fingerprint density at radius 3 is 2.39 bits per heavy atom. The van der Waals surface area contributed by atoms with Crippen molar-refractivity contribution in [2.24, 2.45) is 5.10 Å². The molecule has 0 saturated carbocycles. The topological polar surface area (TPSA) is 109 Å². The van der Waals surface area contributed by atoms with Gasteiger partial charge >= 0.3 is 0 Å². The van der Waals surface area contributed by atoms with Crippen LogP contribution in [0.25, 0.3) is 0 Å². The lowest BCUT2D eigenvalue weighted by Gasteiger charge is -2.21. The minimum Gasteiger partial charge on any atom is -0.467 e. The van der Waals surface area contributed by atoms with Crippen LogP contribution in [-0.4, -0.2) is 32.7 Å². The molecule has 4 rings (SSSR count). The second-order valence-corrected chi connectivity index (χ2v) is 10.7. The first-order chi connectivity index (χ1) is 14.8. The Morgan fingerprint density at radius 2 is 1.71 bits per heavy atom. The van der Waals surface area contributed by atoms with E-state index in [9.17, 15) is 16.8 Å². The molecule has 31 heavy (non-hydrogen) atoms. The summed E-state index contributed by atoms with van der Waals surface area (Å²) in [4.78, 5) is 0.108. The monoisotopic (exact) mass is 459 g/mol. The summed E-state index contributed by atoms with van der Waals surface area (Å²) in [7, 11) is -7.48. The lowest BCUT2D eigenvalue weighted by atomic mass is 10.0. The highest BCUT2D eigenvalue weighted by atomic mass is 32.2. The molecule has 0 amide bonds. The Balaban J connectivity index is 1.80. The maximum atomic E-state index is 13.3. The first-order valence-electron chi connectivity index (χ1n) is 9.62. The summed E-state index contributed by atoms with van der Waals surface area (Å²) in [6.45, 7) is 1.54. The molecular weight excluding hydrogens is 438 g/mol. The SMILES string of the molecule is CCS(=O)(=O)Nc1ccccc1C1=NN(S(=O)(=O)c2ccccc2)[C@@H](c2ccco2)C1. The number of para-hydroxylation sites is 1. The van der Waals surface area contributed by atoms with Gasteiger partial charge in [0.2, 0.25) is 10.0 Å². The Labute approximate surface area is 181 Å². The average molecular weight is 460 g/mol.